The Hall–Kier alpha value is -3.56. The lowest BCUT2D eigenvalue weighted by Gasteiger charge is -2.36. The highest BCUT2D eigenvalue weighted by Gasteiger charge is 2.41. The van der Waals surface area contributed by atoms with E-state index in [0.717, 1.165) is 30.4 Å². The van der Waals surface area contributed by atoms with Crippen molar-refractivity contribution in [3.05, 3.63) is 71.8 Å². The number of amides is 3. The van der Waals surface area contributed by atoms with Crippen molar-refractivity contribution in [2.45, 2.75) is 124 Å². The van der Waals surface area contributed by atoms with Gasteiger partial charge in [-0.3, -0.25) is 19.2 Å². The van der Waals surface area contributed by atoms with Gasteiger partial charge in [-0.15, -0.1) is 0 Å². The molecule has 1 aliphatic rings. The number of carbonyl (C=O) groups excluding carboxylic acids is 4. The summed E-state index contributed by atoms with van der Waals surface area (Å²) in [7, 11) is 3.26. The van der Waals surface area contributed by atoms with Gasteiger partial charge >= 0.3 is 0 Å². The number of nitrogens with zero attached hydrogens (tertiary/aromatic N) is 1. The molecule has 52 heavy (non-hydrogen) atoms. The zero-order chi connectivity index (χ0) is 38.2. The minimum Gasteiger partial charge on any atom is -0.381 e. The number of hydrogen-bond donors (Lipinski definition) is 2. The minimum absolute atomic E-state index is 0.0110. The molecule has 0 saturated carbocycles. The lowest BCUT2D eigenvalue weighted by molar-refractivity contribution is -0.143. The van der Waals surface area contributed by atoms with Gasteiger partial charge < -0.3 is 25.0 Å². The summed E-state index contributed by atoms with van der Waals surface area (Å²) in [4.78, 5) is 56.0. The molecular formula is C43H65N3O6. The number of likely N-dealkylation sites (tertiary alicyclic amines) is 1. The first-order valence-corrected chi connectivity index (χ1v) is 19.4. The average molecular weight is 720 g/mol. The maximum Gasteiger partial charge on any atom is 0.243 e. The van der Waals surface area contributed by atoms with Gasteiger partial charge in [-0.1, -0.05) is 109 Å². The smallest absolute Gasteiger partial charge is 0.243 e. The van der Waals surface area contributed by atoms with Gasteiger partial charge in [0, 0.05) is 46.6 Å². The fourth-order valence-corrected chi connectivity index (χ4v) is 7.79. The second-order valence-electron chi connectivity index (χ2n) is 15.4. The molecule has 2 aromatic rings. The predicted octanol–water partition coefficient (Wildman–Crippen LogP) is 6.77. The summed E-state index contributed by atoms with van der Waals surface area (Å²) < 4.78 is 12.0. The maximum atomic E-state index is 14.1. The molecule has 0 spiro atoms. The Morgan fingerprint density at radius 3 is 2.04 bits per heavy atom. The molecule has 8 unspecified atom stereocenters. The molecule has 0 aromatic heterocycles. The van der Waals surface area contributed by atoms with Crippen LogP contribution >= 0.6 is 0 Å². The molecule has 2 N–H and O–H groups in total. The van der Waals surface area contributed by atoms with E-state index >= 15 is 0 Å². The number of ketones is 1. The van der Waals surface area contributed by atoms with Crippen molar-refractivity contribution in [3.63, 3.8) is 0 Å². The van der Waals surface area contributed by atoms with Crippen LogP contribution in [-0.2, 0) is 41.6 Å². The zero-order valence-corrected chi connectivity index (χ0v) is 32.9. The third-order valence-corrected chi connectivity index (χ3v) is 10.8. The average Bonchev–Trinajstić information content (AvgIpc) is 3.61. The number of hydrogen-bond acceptors (Lipinski definition) is 6. The summed E-state index contributed by atoms with van der Waals surface area (Å²) in [5.41, 5.74) is 1.91. The number of rotatable bonds is 22. The van der Waals surface area contributed by atoms with Crippen molar-refractivity contribution in [3.8, 4) is 0 Å². The van der Waals surface area contributed by atoms with Gasteiger partial charge in [-0.2, -0.15) is 0 Å². The lowest BCUT2D eigenvalue weighted by atomic mass is 9.78. The summed E-state index contributed by atoms with van der Waals surface area (Å²) >= 11 is 0. The Labute approximate surface area is 313 Å². The van der Waals surface area contributed by atoms with E-state index in [2.05, 4.69) is 45.3 Å². The molecule has 3 amide bonds. The van der Waals surface area contributed by atoms with Crippen molar-refractivity contribution in [1.82, 2.24) is 15.5 Å². The molecule has 1 saturated heterocycles. The fraction of sp³-hybridized carbons (Fsp3) is 0.628. The third-order valence-electron chi connectivity index (χ3n) is 10.8. The first kappa shape index (κ1) is 42.8. The number of ether oxygens (including phenoxy) is 2. The van der Waals surface area contributed by atoms with Crippen LogP contribution in [0, 0.1) is 29.6 Å². The summed E-state index contributed by atoms with van der Waals surface area (Å²) in [6, 6.07) is 18.2. The monoisotopic (exact) mass is 719 g/mol. The molecule has 1 fully saturated rings. The molecule has 288 valence electrons. The Kier molecular flexibility index (Phi) is 18.0. The normalized spacial score (nSPS) is 18.6. The van der Waals surface area contributed by atoms with Crippen molar-refractivity contribution in [2.75, 3.05) is 20.8 Å². The van der Waals surface area contributed by atoms with E-state index in [1.54, 1.807) is 14.2 Å². The highest BCUT2D eigenvalue weighted by atomic mass is 16.5. The van der Waals surface area contributed by atoms with Gasteiger partial charge in [0.15, 0.2) is 0 Å². The summed E-state index contributed by atoms with van der Waals surface area (Å²) in [6.45, 7) is 13.4. The molecule has 0 radical (unpaired) electrons. The van der Waals surface area contributed by atoms with Crippen molar-refractivity contribution in [2.24, 2.45) is 29.6 Å². The number of benzene rings is 2. The Morgan fingerprint density at radius 1 is 0.827 bits per heavy atom. The minimum atomic E-state index is -0.789. The van der Waals surface area contributed by atoms with Crippen LogP contribution in [0.3, 0.4) is 0 Å². The van der Waals surface area contributed by atoms with Gasteiger partial charge in [0.2, 0.25) is 17.7 Å². The van der Waals surface area contributed by atoms with E-state index < -0.39 is 18.1 Å². The standard InChI is InChI=1S/C43H65N3O6/c1-9-31(5)36(25-30(4)24-35(47)23-29(2)3)39(51-7)27-40(48)46-22-16-21-38(46)41(52-8)32(6)42(49)45-37(26-33-17-12-10-13-18-33)43(50)44-28-34-19-14-11-15-20-34/h10-15,17-20,29-32,36-39,41H,9,16,21-28H2,1-8H3,(H,44,50)(H,45,49). The number of carbonyl (C=O) groups is 4. The van der Waals surface area contributed by atoms with Crippen molar-refractivity contribution >= 4 is 23.5 Å². The molecule has 3 rings (SSSR count). The maximum absolute atomic E-state index is 14.1. The molecule has 1 aliphatic heterocycles. The molecule has 8 atom stereocenters. The molecule has 0 aliphatic carbocycles. The zero-order valence-electron chi connectivity index (χ0n) is 32.9. The second kappa shape index (κ2) is 21.8. The number of nitrogens with one attached hydrogen (secondary N) is 2. The summed E-state index contributed by atoms with van der Waals surface area (Å²) in [5.74, 6) is 0.0710. The lowest BCUT2D eigenvalue weighted by Crippen LogP contribution is -2.54. The van der Waals surface area contributed by atoms with Crippen LogP contribution in [0.2, 0.25) is 0 Å². The van der Waals surface area contributed by atoms with E-state index in [9.17, 15) is 19.2 Å². The Morgan fingerprint density at radius 2 is 1.46 bits per heavy atom. The van der Waals surface area contributed by atoms with Crippen LogP contribution in [0.4, 0.5) is 0 Å². The van der Waals surface area contributed by atoms with Gasteiger partial charge in [-0.25, -0.2) is 0 Å². The van der Waals surface area contributed by atoms with Gasteiger partial charge in [0.1, 0.15) is 11.8 Å². The fourth-order valence-electron chi connectivity index (χ4n) is 7.79. The van der Waals surface area contributed by atoms with E-state index in [1.165, 1.54) is 0 Å². The summed E-state index contributed by atoms with van der Waals surface area (Å²) in [6.07, 6.45) is 4.14. The first-order valence-electron chi connectivity index (χ1n) is 19.4. The molecule has 9 nitrogen and oxygen atoms in total. The van der Waals surface area contributed by atoms with E-state index in [-0.39, 0.29) is 48.1 Å². The molecular weight excluding hydrogens is 654 g/mol. The van der Waals surface area contributed by atoms with Crippen LogP contribution in [0.5, 0.6) is 0 Å². The number of methoxy groups -OCH3 is 2. The van der Waals surface area contributed by atoms with Crippen LogP contribution in [0.15, 0.2) is 60.7 Å². The van der Waals surface area contributed by atoms with Crippen molar-refractivity contribution in [1.29, 1.82) is 0 Å². The van der Waals surface area contributed by atoms with Gasteiger partial charge in [0.05, 0.1) is 30.6 Å². The topological polar surface area (TPSA) is 114 Å². The Balaban J connectivity index is 1.71. The number of Topliss-reactive ketones (excluding diaryl/α,β-unsaturated/α-hetero) is 1. The largest absolute Gasteiger partial charge is 0.381 e. The highest BCUT2D eigenvalue weighted by molar-refractivity contribution is 5.89. The SMILES string of the molecule is CCC(C)C(CC(C)CC(=O)CC(C)C)C(CC(=O)N1CCCC1C(OC)C(C)C(=O)NC(Cc1ccccc1)C(=O)NCc1ccccc1)OC. The van der Waals surface area contributed by atoms with Crippen LogP contribution in [-0.4, -0.2) is 73.5 Å². The highest BCUT2D eigenvalue weighted by Crippen LogP contribution is 2.33. The summed E-state index contributed by atoms with van der Waals surface area (Å²) in [5, 5.41) is 6.01. The van der Waals surface area contributed by atoms with Gasteiger partial charge in [-0.05, 0) is 54.1 Å². The molecule has 9 heteroatoms. The third kappa shape index (κ3) is 13.1. The predicted molar refractivity (Wildman–Crippen MR) is 206 cm³/mol. The second-order valence-corrected chi connectivity index (χ2v) is 15.4. The van der Waals surface area contributed by atoms with Crippen LogP contribution < -0.4 is 10.6 Å². The van der Waals surface area contributed by atoms with Crippen LogP contribution in [0.25, 0.3) is 0 Å². The Bertz CT molecular complexity index is 1390. The van der Waals surface area contributed by atoms with Gasteiger partial charge in [0.25, 0.3) is 0 Å². The van der Waals surface area contributed by atoms with E-state index in [1.807, 2.05) is 72.5 Å². The van der Waals surface area contributed by atoms with E-state index in [0.29, 0.717) is 56.4 Å². The first-order chi connectivity index (χ1) is 24.9. The molecule has 1 heterocycles. The quantitative estimate of drug-likeness (QED) is 0.139. The van der Waals surface area contributed by atoms with Crippen LogP contribution in [0.1, 0.15) is 97.6 Å². The molecule has 2 aromatic carbocycles. The molecule has 0 bridgehead atoms. The van der Waals surface area contributed by atoms with E-state index in [4.69, 9.17) is 9.47 Å². The van der Waals surface area contributed by atoms with Crippen molar-refractivity contribution < 1.29 is 28.7 Å².